The third kappa shape index (κ3) is 3.29. The SMILES string of the molecule is COc1ccc(C(=O)N=Nc2c(O)[nH]c3ccc(Br)cc23)cc1I. The monoisotopic (exact) mass is 499 g/mol. The van der Waals surface area contributed by atoms with Crippen LogP contribution in [0.1, 0.15) is 10.4 Å². The Morgan fingerprint density at radius 2 is 2.08 bits per heavy atom. The number of amides is 1. The lowest BCUT2D eigenvalue weighted by Crippen LogP contribution is -1.96. The van der Waals surface area contributed by atoms with Crippen LogP contribution in [0, 0.1) is 3.57 Å². The van der Waals surface area contributed by atoms with Crippen molar-refractivity contribution >= 4 is 61.0 Å². The molecule has 122 valence electrons. The lowest BCUT2D eigenvalue weighted by molar-refractivity contribution is 0.0995. The average molecular weight is 500 g/mol. The van der Waals surface area contributed by atoms with Gasteiger partial charge < -0.3 is 14.8 Å². The lowest BCUT2D eigenvalue weighted by atomic mass is 10.2. The highest BCUT2D eigenvalue weighted by Gasteiger charge is 2.13. The van der Waals surface area contributed by atoms with Crippen molar-refractivity contribution in [2.45, 2.75) is 0 Å². The van der Waals surface area contributed by atoms with E-state index < -0.39 is 5.91 Å². The van der Waals surface area contributed by atoms with Gasteiger partial charge in [0.1, 0.15) is 5.75 Å². The van der Waals surface area contributed by atoms with Crippen molar-refractivity contribution in [3.05, 3.63) is 50.0 Å². The van der Waals surface area contributed by atoms with Gasteiger partial charge in [-0.05, 0) is 59.0 Å². The normalized spacial score (nSPS) is 11.3. The number of halogens is 2. The van der Waals surface area contributed by atoms with E-state index in [4.69, 9.17) is 4.74 Å². The minimum absolute atomic E-state index is 0.135. The van der Waals surface area contributed by atoms with Crippen LogP contribution in [0.2, 0.25) is 0 Å². The number of aromatic nitrogens is 1. The maximum Gasteiger partial charge on any atom is 0.295 e. The average Bonchev–Trinajstić information content (AvgIpc) is 2.87. The number of methoxy groups -OCH3 is 1. The maximum atomic E-state index is 12.2. The van der Waals surface area contributed by atoms with Crippen LogP contribution in [0.4, 0.5) is 5.69 Å². The number of nitrogens with zero attached hydrogens (tertiary/aromatic N) is 2. The standard InChI is InChI=1S/C16H11BrIN3O3/c1-24-13-5-2-8(6-11(13)18)15(22)21-20-14-10-7-9(17)3-4-12(10)19-16(14)23/h2-7,19,23H,1H3. The van der Waals surface area contributed by atoms with Crippen LogP contribution in [-0.4, -0.2) is 23.1 Å². The predicted octanol–water partition coefficient (Wildman–Crippen LogP) is 5.17. The molecule has 1 amide bonds. The largest absolute Gasteiger partial charge is 0.496 e. The van der Waals surface area contributed by atoms with Gasteiger partial charge in [0.25, 0.3) is 5.91 Å². The highest BCUT2D eigenvalue weighted by Crippen LogP contribution is 2.37. The summed E-state index contributed by atoms with van der Waals surface area (Å²) in [5.74, 6) is 0.0477. The zero-order valence-electron chi connectivity index (χ0n) is 12.4. The number of aromatic hydroxyl groups is 1. The number of carbonyl (C=O) groups excluding carboxylic acids is 1. The molecule has 1 aromatic heterocycles. The van der Waals surface area contributed by atoms with Gasteiger partial charge in [-0.2, -0.15) is 0 Å². The van der Waals surface area contributed by atoms with Crippen LogP contribution in [0.15, 0.2) is 51.1 Å². The van der Waals surface area contributed by atoms with Gasteiger partial charge in [0.15, 0.2) is 5.69 Å². The van der Waals surface area contributed by atoms with Crippen molar-refractivity contribution in [1.82, 2.24) is 4.98 Å². The number of aromatic amines is 1. The summed E-state index contributed by atoms with van der Waals surface area (Å²) in [7, 11) is 1.57. The fraction of sp³-hybridized carbons (Fsp3) is 0.0625. The molecule has 0 aliphatic carbocycles. The molecular formula is C16H11BrIN3O3. The fourth-order valence-corrected chi connectivity index (χ4v) is 3.29. The summed E-state index contributed by atoms with van der Waals surface area (Å²) in [5, 5.41) is 18.3. The first-order valence-electron chi connectivity index (χ1n) is 6.79. The Morgan fingerprint density at radius 3 is 2.79 bits per heavy atom. The molecule has 0 bridgehead atoms. The zero-order valence-corrected chi connectivity index (χ0v) is 16.1. The summed E-state index contributed by atoms with van der Waals surface area (Å²) in [6, 6.07) is 10.4. The molecular weight excluding hydrogens is 489 g/mol. The Hall–Kier alpha value is -1.94. The molecule has 0 radical (unpaired) electrons. The first-order valence-corrected chi connectivity index (χ1v) is 8.66. The van der Waals surface area contributed by atoms with Gasteiger partial charge in [0, 0.05) is 15.4 Å². The van der Waals surface area contributed by atoms with Gasteiger partial charge >= 0.3 is 0 Å². The van der Waals surface area contributed by atoms with Gasteiger partial charge in [0.2, 0.25) is 5.88 Å². The molecule has 0 saturated carbocycles. The molecule has 0 fully saturated rings. The molecule has 3 rings (SSSR count). The molecule has 6 nitrogen and oxygen atoms in total. The van der Waals surface area contributed by atoms with Crippen molar-refractivity contribution in [3.63, 3.8) is 0 Å². The van der Waals surface area contributed by atoms with Crippen LogP contribution in [0.25, 0.3) is 10.9 Å². The minimum Gasteiger partial charge on any atom is -0.496 e. The van der Waals surface area contributed by atoms with E-state index in [1.54, 1.807) is 37.4 Å². The van der Waals surface area contributed by atoms with E-state index in [2.05, 4.69) is 53.7 Å². The Balaban J connectivity index is 1.93. The van der Waals surface area contributed by atoms with Crippen LogP contribution >= 0.6 is 38.5 Å². The van der Waals surface area contributed by atoms with E-state index in [1.807, 2.05) is 6.07 Å². The van der Waals surface area contributed by atoms with E-state index in [9.17, 15) is 9.90 Å². The molecule has 2 aromatic carbocycles. The number of hydrogen-bond donors (Lipinski definition) is 2. The zero-order chi connectivity index (χ0) is 17.3. The first-order chi connectivity index (χ1) is 11.5. The summed E-state index contributed by atoms with van der Waals surface area (Å²) < 4.78 is 6.79. The van der Waals surface area contributed by atoms with Gasteiger partial charge in [-0.1, -0.05) is 15.9 Å². The van der Waals surface area contributed by atoms with E-state index in [0.717, 1.165) is 8.04 Å². The van der Waals surface area contributed by atoms with Crippen molar-refractivity contribution in [2.75, 3.05) is 7.11 Å². The number of rotatable bonds is 3. The van der Waals surface area contributed by atoms with Crippen LogP contribution in [0.5, 0.6) is 11.6 Å². The van der Waals surface area contributed by atoms with Crippen molar-refractivity contribution in [3.8, 4) is 11.6 Å². The minimum atomic E-state index is -0.501. The molecule has 0 aliphatic rings. The Kier molecular flexibility index (Phi) is 4.86. The van der Waals surface area contributed by atoms with Crippen LogP contribution < -0.4 is 4.74 Å². The number of benzene rings is 2. The second kappa shape index (κ2) is 6.89. The molecule has 24 heavy (non-hydrogen) atoms. The van der Waals surface area contributed by atoms with E-state index in [0.29, 0.717) is 22.2 Å². The Bertz CT molecular complexity index is 969. The molecule has 1 heterocycles. The number of ether oxygens (including phenoxy) is 1. The maximum absolute atomic E-state index is 12.2. The number of H-pyrrole nitrogens is 1. The highest BCUT2D eigenvalue weighted by atomic mass is 127. The van der Waals surface area contributed by atoms with E-state index >= 15 is 0 Å². The number of carbonyl (C=O) groups is 1. The molecule has 2 N–H and O–H groups in total. The molecule has 8 heteroatoms. The summed E-state index contributed by atoms with van der Waals surface area (Å²) in [6.07, 6.45) is 0. The topological polar surface area (TPSA) is 87.0 Å². The molecule has 0 spiro atoms. The number of fused-ring (bicyclic) bond motifs is 1. The molecule has 0 saturated heterocycles. The van der Waals surface area contributed by atoms with Crippen LogP contribution in [0.3, 0.4) is 0 Å². The Morgan fingerprint density at radius 1 is 1.29 bits per heavy atom. The molecule has 0 unspecified atom stereocenters. The van der Waals surface area contributed by atoms with E-state index in [-0.39, 0.29) is 11.6 Å². The summed E-state index contributed by atoms with van der Waals surface area (Å²) >= 11 is 5.45. The summed E-state index contributed by atoms with van der Waals surface area (Å²) in [4.78, 5) is 15.0. The molecule has 3 aromatic rings. The third-order valence-electron chi connectivity index (χ3n) is 3.35. The van der Waals surface area contributed by atoms with Gasteiger partial charge in [-0.15, -0.1) is 10.2 Å². The second-order valence-corrected chi connectivity index (χ2v) is 6.94. The number of nitrogens with one attached hydrogen (secondary N) is 1. The Labute approximate surface area is 159 Å². The highest BCUT2D eigenvalue weighted by molar-refractivity contribution is 14.1. The summed E-state index contributed by atoms with van der Waals surface area (Å²) in [6.45, 7) is 0. The van der Waals surface area contributed by atoms with Gasteiger partial charge in [-0.25, -0.2) is 0 Å². The van der Waals surface area contributed by atoms with Gasteiger partial charge in [-0.3, -0.25) is 4.79 Å². The lowest BCUT2D eigenvalue weighted by Gasteiger charge is -2.03. The first kappa shape index (κ1) is 16.9. The van der Waals surface area contributed by atoms with Crippen molar-refractivity contribution < 1.29 is 14.6 Å². The number of azo groups is 1. The summed E-state index contributed by atoms with van der Waals surface area (Å²) in [5.41, 5.74) is 1.32. The van der Waals surface area contributed by atoms with Crippen molar-refractivity contribution in [2.24, 2.45) is 10.2 Å². The van der Waals surface area contributed by atoms with Crippen LogP contribution in [-0.2, 0) is 0 Å². The quantitative estimate of drug-likeness (QED) is 0.385. The third-order valence-corrected chi connectivity index (χ3v) is 4.69. The predicted molar refractivity (Wildman–Crippen MR) is 102 cm³/mol. The smallest absolute Gasteiger partial charge is 0.295 e. The molecule has 0 aliphatic heterocycles. The number of hydrogen-bond acceptors (Lipinski definition) is 4. The van der Waals surface area contributed by atoms with Crippen molar-refractivity contribution in [1.29, 1.82) is 0 Å². The second-order valence-electron chi connectivity index (χ2n) is 4.87. The fourth-order valence-electron chi connectivity index (χ4n) is 2.19. The van der Waals surface area contributed by atoms with Gasteiger partial charge in [0.05, 0.1) is 16.2 Å². The molecule has 0 atom stereocenters. The van der Waals surface area contributed by atoms with E-state index in [1.165, 1.54) is 0 Å².